The first kappa shape index (κ1) is 16.5. The number of benzene rings is 1. The van der Waals surface area contributed by atoms with Gasteiger partial charge in [-0.05, 0) is 25.0 Å². The molecule has 0 bridgehead atoms. The molecule has 1 aromatic heterocycles. The molecule has 1 heterocycles. The Kier molecular flexibility index (Phi) is 5.14. The maximum absolute atomic E-state index is 12.6. The van der Waals surface area contributed by atoms with Crippen LogP contribution in [0.25, 0.3) is 10.9 Å². The van der Waals surface area contributed by atoms with Crippen LogP contribution < -0.4 is 10.2 Å². The topological polar surface area (TPSA) is 45.2 Å². The van der Waals surface area contributed by atoms with Gasteiger partial charge in [0, 0.05) is 25.0 Å². The quantitative estimate of drug-likeness (QED) is 0.848. The minimum atomic E-state index is -0.0770. The van der Waals surface area contributed by atoms with Gasteiger partial charge in [0.25, 0.3) is 5.91 Å². The predicted octanol–water partition coefficient (Wildman–Crippen LogP) is 3.92. The van der Waals surface area contributed by atoms with Gasteiger partial charge in [-0.2, -0.15) is 0 Å². The van der Waals surface area contributed by atoms with Gasteiger partial charge in [-0.25, -0.2) is 4.98 Å². The number of fused-ring (bicyclic) bond motifs is 1. The van der Waals surface area contributed by atoms with Crippen molar-refractivity contribution in [2.75, 3.05) is 18.5 Å². The number of amides is 1. The van der Waals surface area contributed by atoms with Gasteiger partial charge in [0.1, 0.15) is 5.82 Å². The highest BCUT2D eigenvalue weighted by atomic mass is 16.1. The molecule has 0 radical (unpaired) electrons. The van der Waals surface area contributed by atoms with Crippen molar-refractivity contribution in [1.82, 2.24) is 10.3 Å². The molecule has 0 aliphatic heterocycles. The number of aromatic nitrogens is 1. The first-order chi connectivity index (χ1) is 11.7. The lowest BCUT2D eigenvalue weighted by Crippen LogP contribution is -2.34. The van der Waals surface area contributed by atoms with E-state index in [1.165, 1.54) is 32.1 Å². The minimum Gasteiger partial charge on any atom is -0.357 e. The summed E-state index contributed by atoms with van der Waals surface area (Å²) < 4.78 is 0. The van der Waals surface area contributed by atoms with Gasteiger partial charge < -0.3 is 10.2 Å². The monoisotopic (exact) mass is 323 g/mol. The number of pyridine rings is 1. The summed E-state index contributed by atoms with van der Waals surface area (Å²) in [6, 6.07) is 10.3. The third-order valence-corrected chi connectivity index (χ3v) is 4.84. The van der Waals surface area contributed by atoms with E-state index < -0.39 is 0 Å². The highest BCUT2D eigenvalue weighted by molar-refractivity contribution is 6.07. The SMILES string of the molecule is C=CCNC(=O)c1cc(N(C)C2CCCCC2)nc2ccccc12. The molecule has 1 amide bonds. The molecular formula is C20H25N3O. The first-order valence-electron chi connectivity index (χ1n) is 8.72. The molecule has 0 saturated heterocycles. The second kappa shape index (κ2) is 7.47. The molecule has 1 aromatic carbocycles. The Morgan fingerprint density at radius 2 is 2.08 bits per heavy atom. The van der Waals surface area contributed by atoms with Crippen molar-refractivity contribution >= 4 is 22.6 Å². The van der Waals surface area contributed by atoms with Crippen LogP contribution in [0.5, 0.6) is 0 Å². The number of nitrogens with one attached hydrogen (secondary N) is 1. The largest absolute Gasteiger partial charge is 0.357 e. The average Bonchev–Trinajstić information content (AvgIpc) is 2.65. The van der Waals surface area contributed by atoms with Crippen LogP contribution in [-0.4, -0.2) is 30.5 Å². The van der Waals surface area contributed by atoms with Crippen molar-refractivity contribution in [3.63, 3.8) is 0 Å². The van der Waals surface area contributed by atoms with E-state index in [0.717, 1.165) is 16.7 Å². The van der Waals surface area contributed by atoms with Crippen molar-refractivity contribution in [3.8, 4) is 0 Å². The summed E-state index contributed by atoms with van der Waals surface area (Å²) in [5, 5.41) is 3.77. The van der Waals surface area contributed by atoms with Crippen molar-refractivity contribution in [1.29, 1.82) is 0 Å². The minimum absolute atomic E-state index is 0.0770. The summed E-state index contributed by atoms with van der Waals surface area (Å²) in [5.41, 5.74) is 1.54. The van der Waals surface area contributed by atoms with E-state index in [0.29, 0.717) is 18.2 Å². The summed E-state index contributed by atoms with van der Waals surface area (Å²) >= 11 is 0. The van der Waals surface area contributed by atoms with Gasteiger partial charge in [-0.15, -0.1) is 6.58 Å². The molecule has 1 N–H and O–H groups in total. The van der Waals surface area contributed by atoms with Crippen molar-refractivity contribution < 1.29 is 4.79 Å². The van der Waals surface area contributed by atoms with Crippen LogP contribution in [0.2, 0.25) is 0 Å². The molecule has 3 rings (SSSR count). The van der Waals surface area contributed by atoms with E-state index in [1.54, 1.807) is 6.08 Å². The second-order valence-corrected chi connectivity index (χ2v) is 6.45. The number of hydrogen-bond acceptors (Lipinski definition) is 3. The Hall–Kier alpha value is -2.36. The fourth-order valence-electron chi connectivity index (χ4n) is 3.45. The van der Waals surface area contributed by atoms with E-state index in [4.69, 9.17) is 4.98 Å². The normalized spacial score (nSPS) is 15.2. The lowest BCUT2D eigenvalue weighted by Gasteiger charge is -2.32. The highest BCUT2D eigenvalue weighted by Crippen LogP contribution is 2.28. The van der Waals surface area contributed by atoms with Gasteiger partial charge in [0.15, 0.2) is 0 Å². The fourth-order valence-corrected chi connectivity index (χ4v) is 3.45. The third kappa shape index (κ3) is 3.42. The van der Waals surface area contributed by atoms with Crippen LogP contribution in [0.4, 0.5) is 5.82 Å². The zero-order valence-electron chi connectivity index (χ0n) is 14.3. The molecule has 4 heteroatoms. The van der Waals surface area contributed by atoms with E-state index in [-0.39, 0.29) is 5.91 Å². The Labute approximate surface area is 143 Å². The maximum Gasteiger partial charge on any atom is 0.252 e. The number of para-hydroxylation sites is 1. The zero-order chi connectivity index (χ0) is 16.9. The van der Waals surface area contributed by atoms with Gasteiger partial charge in [-0.1, -0.05) is 43.5 Å². The van der Waals surface area contributed by atoms with Crippen molar-refractivity contribution in [3.05, 3.63) is 48.6 Å². The number of rotatable bonds is 5. The second-order valence-electron chi connectivity index (χ2n) is 6.45. The molecule has 4 nitrogen and oxygen atoms in total. The smallest absolute Gasteiger partial charge is 0.252 e. The summed E-state index contributed by atoms with van der Waals surface area (Å²) in [4.78, 5) is 19.6. The summed E-state index contributed by atoms with van der Waals surface area (Å²) in [7, 11) is 2.10. The van der Waals surface area contributed by atoms with Crippen LogP contribution in [0, 0.1) is 0 Å². The number of carbonyl (C=O) groups excluding carboxylic acids is 1. The molecule has 2 aromatic rings. The van der Waals surface area contributed by atoms with Crippen LogP contribution in [0.1, 0.15) is 42.5 Å². The first-order valence-corrected chi connectivity index (χ1v) is 8.72. The number of carbonyl (C=O) groups is 1. The average molecular weight is 323 g/mol. The Balaban J connectivity index is 1.99. The molecule has 1 fully saturated rings. The fraction of sp³-hybridized carbons (Fsp3) is 0.400. The molecule has 1 aliphatic rings. The van der Waals surface area contributed by atoms with E-state index >= 15 is 0 Å². The van der Waals surface area contributed by atoms with Gasteiger partial charge >= 0.3 is 0 Å². The molecule has 0 unspecified atom stereocenters. The summed E-state index contributed by atoms with van der Waals surface area (Å²) in [6.07, 6.45) is 7.96. The molecule has 1 saturated carbocycles. The molecular weight excluding hydrogens is 298 g/mol. The molecule has 24 heavy (non-hydrogen) atoms. The Bertz CT molecular complexity index is 735. The van der Waals surface area contributed by atoms with Crippen LogP contribution in [0.3, 0.4) is 0 Å². The van der Waals surface area contributed by atoms with Crippen LogP contribution >= 0.6 is 0 Å². The van der Waals surface area contributed by atoms with E-state index in [2.05, 4.69) is 23.8 Å². The van der Waals surface area contributed by atoms with Gasteiger partial charge in [0.2, 0.25) is 0 Å². The predicted molar refractivity (Wildman–Crippen MR) is 99.5 cm³/mol. The lowest BCUT2D eigenvalue weighted by atomic mass is 9.94. The molecule has 0 spiro atoms. The number of hydrogen-bond donors (Lipinski definition) is 1. The van der Waals surface area contributed by atoms with Gasteiger partial charge in [-0.3, -0.25) is 4.79 Å². The van der Waals surface area contributed by atoms with Gasteiger partial charge in [0.05, 0.1) is 11.1 Å². The summed E-state index contributed by atoms with van der Waals surface area (Å²) in [6.45, 7) is 4.12. The Morgan fingerprint density at radius 3 is 2.83 bits per heavy atom. The Morgan fingerprint density at radius 1 is 1.33 bits per heavy atom. The zero-order valence-corrected chi connectivity index (χ0v) is 14.3. The number of anilines is 1. The standard InChI is InChI=1S/C20H25N3O/c1-3-13-21-20(24)17-14-19(22-18-12-8-7-11-16(17)18)23(2)15-9-5-4-6-10-15/h3,7-8,11-12,14-15H,1,4-6,9-10,13H2,2H3,(H,21,24). The van der Waals surface area contributed by atoms with E-state index in [9.17, 15) is 4.79 Å². The summed E-state index contributed by atoms with van der Waals surface area (Å²) in [5.74, 6) is 0.802. The lowest BCUT2D eigenvalue weighted by molar-refractivity contribution is 0.0959. The molecule has 126 valence electrons. The highest BCUT2D eigenvalue weighted by Gasteiger charge is 2.21. The third-order valence-electron chi connectivity index (χ3n) is 4.84. The molecule has 1 aliphatic carbocycles. The molecule has 0 atom stereocenters. The maximum atomic E-state index is 12.6. The van der Waals surface area contributed by atoms with Crippen LogP contribution in [-0.2, 0) is 0 Å². The van der Waals surface area contributed by atoms with E-state index in [1.807, 2.05) is 30.3 Å². The van der Waals surface area contributed by atoms with Crippen molar-refractivity contribution in [2.24, 2.45) is 0 Å². The van der Waals surface area contributed by atoms with Crippen LogP contribution in [0.15, 0.2) is 43.0 Å². The number of nitrogens with zero attached hydrogens (tertiary/aromatic N) is 2. The van der Waals surface area contributed by atoms with Crippen molar-refractivity contribution in [2.45, 2.75) is 38.1 Å².